The van der Waals surface area contributed by atoms with E-state index in [0.717, 1.165) is 16.9 Å². The molecular weight excluding hydrogens is 236 g/mol. The molecule has 0 unspecified atom stereocenters. The van der Waals surface area contributed by atoms with Crippen molar-refractivity contribution in [3.8, 4) is 5.75 Å². The van der Waals surface area contributed by atoms with Crippen molar-refractivity contribution in [3.63, 3.8) is 0 Å². The molecule has 0 saturated heterocycles. The number of rotatable bonds is 4. The Morgan fingerprint density at radius 3 is 2.21 bits per heavy atom. The van der Waals surface area contributed by atoms with E-state index in [0.29, 0.717) is 5.56 Å². The van der Waals surface area contributed by atoms with E-state index in [1.807, 2.05) is 69.3 Å². The molecule has 0 atom stereocenters. The number of carbonyl (C=O) groups is 1. The summed E-state index contributed by atoms with van der Waals surface area (Å²) < 4.78 is 5.57. The lowest BCUT2D eigenvalue weighted by atomic mass is 9.99. The molecule has 0 N–H and O–H groups in total. The Labute approximate surface area is 114 Å². The topological polar surface area (TPSA) is 26.3 Å². The SMILES string of the molecule is Cc1ccccc1C(=O)c1ccc(OC(C)C)cc1. The average Bonchev–Trinajstić information content (AvgIpc) is 2.39. The van der Waals surface area contributed by atoms with Crippen LogP contribution >= 0.6 is 0 Å². The second kappa shape index (κ2) is 5.70. The molecule has 19 heavy (non-hydrogen) atoms. The first-order chi connectivity index (χ1) is 9.08. The van der Waals surface area contributed by atoms with Gasteiger partial charge in [0, 0.05) is 11.1 Å². The minimum atomic E-state index is 0.0502. The van der Waals surface area contributed by atoms with Crippen molar-refractivity contribution in [3.05, 3.63) is 65.2 Å². The third-order valence-electron chi connectivity index (χ3n) is 2.88. The van der Waals surface area contributed by atoms with Gasteiger partial charge in [0.2, 0.25) is 0 Å². The van der Waals surface area contributed by atoms with E-state index in [1.165, 1.54) is 0 Å². The van der Waals surface area contributed by atoms with Gasteiger partial charge < -0.3 is 4.74 Å². The van der Waals surface area contributed by atoms with Crippen molar-refractivity contribution in [1.29, 1.82) is 0 Å². The van der Waals surface area contributed by atoms with Gasteiger partial charge in [-0.2, -0.15) is 0 Å². The zero-order valence-electron chi connectivity index (χ0n) is 11.5. The quantitative estimate of drug-likeness (QED) is 0.770. The van der Waals surface area contributed by atoms with Crippen LogP contribution in [0.15, 0.2) is 48.5 Å². The lowest BCUT2D eigenvalue weighted by Gasteiger charge is -2.10. The Morgan fingerprint density at radius 2 is 1.63 bits per heavy atom. The highest BCUT2D eigenvalue weighted by Crippen LogP contribution is 2.18. The molecule has 0 fully saturated rings. The van der Waals surface area contributed by atoms with Gasteiger partial charge in [-0.05, 0) is 50.6 Å². The number of carbonyl (C=O) groups excluding carboxylic acids is 1. The first-order valence-corrected chi connectivity index (χ1v) is 6.45. The van der Waals surface area contributed by atoms with Crippen molar-refractivity contribution >= 4 is 5.78 Å². The molecule has 2 rings (SSSR count). The summed E-state index contributed by atoms with van der Waals surface area (Å²) in [5, 5.41) is 0. The zero-order chi connectivity index (χ0) is 13.8. The van der Waals surface area contributed by atoms with Crippen LogP contribution in [0.3, 0.4) is 0 Å². The van der Waals surface area contributed by atoms with Crippen LogP contribution in [0, 0.1) is 6.92 Å². The van der Waals surface area contributed by atoms with Gasteiger partial charge in [-0.15, -0.1) is 0 Å². The maximum Gasteiger partial charge on any atom is 0.193 e. The van der Waals surface area contributed by atoms with Gasteiger partial charge in [0.05, 0.1) is 6.10 Å². The van der Waals surface area contributed by atoms with Gasteiger partial charge in [0.15, 0.2) is 5.78 Å². The first-order valence-electron chi connectivity index (χ1n) is 6.45. The number of hydrogen-bond acceptors (Lipinski definition) is 2. The first kappa shape index (κ1) is 13.3. The summed E-state index contributed by atoms with van der Waals surface area (Å²) in [6.07, 6.45) is 0.137. The minimum absolute atomic E-state index is 0.0502. The van der Waals surface area contributed by atoms with E-state index >= 15 is 0 Å². The van der Waals surface area contributed by atoms with E-state index in [9.17, 15) is 4.79 Å². The smallest absolute Gasteiger partial charge is 0.193 e. The normalized spacial score (nSPS) is 10.5. The third kappa shape index (κ3) is 3.22. The number of aryl methyl sites for hydroxylation is 1. The van der Waals surface area contributed by atoms with Crippen molar-refractivity contribution in [2.75, 3.05) is 0 Å². The predicted molar refractivity (Wildman–Crippen MR) is 76.8 cm³/mol. The standard InChI is InChI=1S/C17H18O2/c1-12(2)19-15-10-8-14(9-11-15)17(18)16-7-5-4-6-13(16)3/h4-12H,1-3H3. The molecule has 2 aromatic carbocycles. The number of benzene rings is 2. The van der Waals surface area contributed by atoms with Crippen LogP contribution < -0.4 is 4.74 Å². The minimum Gasteiger partial charge on any atom is -0.491 e. The molecule has 0 heterocycles. The van der Waals surface area contributed by atoms with Crippen molar-refractivity contribution in [1.82, 2.24) is 0 Å². The molecule has 0 bridgehead atoms. The fourth-order valence-corrected chi connectivity index (χ4v) is 1.94. The summed E-state index contributed by atoms with van der Waals surface area (Å²) in [6.45, 7) is 5.91. The number of ether oxygens (including phenoxy) is 1. The molecule has 2 heteroatoms. The lowest BCUT2D eigenvalue weighted by molar-refractivity contribution is 0.103. The molecule has 0 spiro atoms. The maximum atomic E-state index is 12.4. The Bertz CT molecular complexity index is 568. The van der Waals surface area contributed by atoms with E-state index in [2.05, 4.69) is 0 Å². The highest BCUT2D eigenvalue weighted by molar-refractivity contribution is 6.09. The van der Waals surface area contributed by atoms with Crippen LogP contribution in [-0.2, 0) is 0 Å². The fourth-order valence-electron chi connectivity index (χ4n) is 1.94. The Morgan fingerprint density at radius 1 is 1.00 bits per heavy atom. The zero-order valence-corrected chi connectivity index (χ0v) is 11.5. The van der Waals surface area contributed by atoms with Crippen LogP contribution in [0.1, 0.15) is 35.3 Å². The summed E-state index contributed by atoms with van der Waals surface area (Å²) in [6, 6.07) is 14.9. The summed E-state index contributed by atoms with van der Waals surface area (Å²) in [4.78, 5) is 12.4. The Hall–Kier alpha value is -2.09. The van der Waals surface area contributed by atoms with Crippen LogP contribution in [0.4, 0.5) is 0 Å². The molecule has 0 radical (unpaired) electrons. The van der Waals surface area contributed by atoms with Crippen LogP contribution in [-0.4, -0.2) is 11.9 Å². The van der Waals surface area contributed by atoms with Crippen LogP contribution in [0.25, 0.3) is 0 Å². The average molecular weight is 254 g/mol. The van der Waals surface area contributed by atoms with E-state index < -0.39 is 0 Å². The second-order valence-electron chi connectivity index (χ2n) is 4.84. The van der Waals surface area contributed by atoms with E-state index in [-0.39, 0.29) is 11.9 Å². The molecule has 2 nitrogen and oxygen atoms in total. The van der Waals surface area contributed by atoms with Crippen molar-refractivity contribution < 1.29 is 9.53 Å². The van der Waals surface area contributed by atoms with Gasteiger partial charge >= 0.3 is 0 Å². The van der Waals surface area contributed by atoms with Gasteiger partial charge in [-0.25, -0.2) is 0 Å². The summed E-state index contributed by atoms with van der Waals surface area (Å²) in [5.74, 6) is 0.838. The van der Waals surface area contributed by atoms with Crippen molar-refractivity contribution in [2.24, 2.45) is 0 Å². The predicted octanol–water partition coefficient (Wildman–Crippen LogP) is 4.01. The van der Waals surface area contributed by atoms with Gasteiger partial charge in [0.25, 0.3) is 0 Å². The summed E-state index contributed by atoms with van der Waals surface area (Å²) in [7, 11) is 0. The highest BCUT2D eigenvalue weighted by Gasteiger charge is 2.11. The van der Waals surface area contributed by atoms with Gasteiger partial charge in [0.1, 0.15) is 5.75 Å². The van der Waals surface area contributed by atoms with Crippen LogP contribution in [0.5, 0.6) is 5.75 Å². The molecule has 98 valence electrons. The maximum absolute atomic E-state index is 12.4. The second-order valence-corrected chi connectivity index (χ2v) is 4.84. The van der Waals surface area contributed by atoms with Crippen LogP contribution in [0.2, 0.25) is 0 Å². The number of hydrogen-bond donors (Lipinski definition) is 0. The van der Waals surface area contributed by atoms with Crippen molar-refractivity contribution in [2.45, 2.75) is 26.9 Å². The Balaban J connectivity index is 2.23. The largest absolute Gasteiger partial charge is 0.491 e. The van der Waals surface area contributed by atoms with E-state index in [1.54, 1.807) is 0 Å². The molecule has 0 aliphatic heterocycles. The highest BCUT2D eigenvalue weighted by atomic mass is 16.5. The monoisotopic (exact) mass is 254 g/mol. The lowest BCUT2D eigenvalue weighted by Crippen LogP contribution is -2.06. The van der Waals surface area contributed by atoms with Gasteiger partial charge in [-0.3, -0.25) is 4.79 Å². The molecule has 0 aromatic heterocycles. The summed E-state index contributed by atoms with van der Waals surface area (Å²) in [5.41, 5.74) is 2.43. The molecule has 2 aromatic rings. The third-order valence-corrected chi connectivity index (χ3v) is 2.88. The fraction of sp³-hybridized carbons (Fsp3) is 0.235. The molecule has 0 aliphatic carbocycles. The summed E-state index contributed by atoms with van der Waals surface area (Å²) >= 11 is 0. The Kier molecular flexibility index (Phi) is 4.00. The number of ketones is 1. The molecule has 0 amide bonds. The van der Waals surface area contributed by atoms with E-state index in [4.69, 9.17) is 4.74 Å². The molecule has 0 saturated carbocycles. The van der Waals surface area contributed by atoms with Gasteiger partial charge in [-0.1, -0.05) is 24.3 Å². The molecule has 0 aliphatic rings. The molecular formula is C17H18O2.